The van der Waals surface area contributed by atoms with Gasteiger partial charge in [0.15, 0.2) is 0 Å². The molecule has 8 heteroatoms. The highest BCUT2D eigenvalue weighted by Crippen LogP contribution is 2.18. The summed E-state index contributed by atoms with van der Waals surface area (Å²) in [4.78, 5) is 11.3. The lowest BCUT2D eigenvalue weighted by atomic mass is 10.2. The van der Waals surface area contributed by atoms with Crippen molar-refractivity contribution in [1.29, 1.82) is 0 Å². The van der Waals surface area contributed by atoms with E-state index in [2.05, 4.69) is 4.74 Å². The molecule has 0 amide bonds. The van der Waals surface area contributed by atoms with Crippen LogP contribution in [0.2, 0.25) is 0 Å². The molecule has 2 rings (SSSR count). The summed E-state index contributed by atoms with van der Waals surface area (Å²) in [7, 11) is -2.42. The maximum atomic E-state index is 12.2. The normalized spacial score (nSPS) is 17.1. The number of hydrogen-bond acceptors (Lipinski definition) is 6. The molecule has 0 spiro atoms. The van der Waals surface area contributed by atoms with Crippen LogP contribution in [0.3, 0.4) is 0 Å². The monoisotopic (exact) mass is 287 g/mol. The van der Waals surface area contributed by atoms with Crippen LogP contribution >= 0.6 is 0 Å². The van der Waals surface area contributed by atoms with E-state index >= 15 is 0 Å². The van der Waals surface area contributed by atoms with Crippen molar-refractivity contribution in [1.82, 2.24) is 4.31 Å². The summed E-state index contributed by atoms with van der Waals surface area (Å²) >= 11 is 0. The Labute approximate surface area is 110 Å². The zero-order valence-corrected chi connectivity index (χ0v) is 11.1. The molecule has 0 atom stereocenters. The Morgan fingerprint density at radius 2 is 1.79 bits per heavy atom. The van der Waals surface area contributed by atoms with E-state index in [1.54, 1.807) is 0 Å². The van der Waals surface area contributed by atoms with Crippen molar-refractivity contribution in [2.45, 2.75) is 4.90 Å². The van der Waals surface area contributed by atoms with Crippen LogP contribution in [0.5, 0.6) is 0 Å². The van der Waals surface area contributed by atoms with Crippen LogP contribution in [0.25, 0.3) is 0 Å². The zero-order valence-electron chi connectivity index (χ0n) is 10.2. The van der Waals surface area contributed by atoms with E-state index in [1.807, 2.05) is 0 Å². The van der Waals surface area contributed by atoms with Crippen LogP contribution in [-0.2, 0) is 24.2 Å². The third-order valence-corrected chi connectivity index (χ3v) is 4.31. The summed E-state index contributed by atoms with van der Waals surface area (Å²) in [5.74, 6) is -0.520. The maximum absolute atomic E-state index is 12.2. The molecule has 1 aliphatic heterocycles. The van der Waals surface area contributed by atoms with Crippen molar-refractivity contribution in [2.24, 2.45) is 0 Å². The quantitative estimate of drug-likeness (QED) is 0.748. The van der Waals surface area contributed by atoms with Crippen LogP contribution in [0.4, 0.5) is 0 Å². The molecule has 0 N–H and O–H groups in total. The van der Waals surface area contributed by atoms with E-state index in [9.17, 15) is 13.2 Å². The van der Waals surface area contributed by atoms with Gasteiger partial charge < -0.3 is 14.2 Å². The first-order valence-electron chi connectivity index (χ1n) is 5.40. The first-order chi connectivity index (χ1) is 9.05. The average molecular weight is 287 g/mol. The van der Waals surface area contributed by atoms with Gasteiger partial charge in [0.2, 0.25) is 10.0 Å². The zero-order chi connectivity index (χ0) is 13.9. The molecular formula is C11H13NO6S. The fourth-order valence-corrected chi connectivity index (χ4v) is 2.75. The van der Waals surface area contributed by atoms with Crippen molar-refractivity contribution < 1.29 is 27.4 Å². The third-order valence-electron chi connectivity index (χ3n) is 2.55. The van der Waals surface area contributed by atoms with Gasteiger partial charge in [-0.05, 0) is 24.3 Å². The fraction of sp³-hybridized carbons (Fsp3) is 0.364. The van der Waals surface area contributed by atoms with Crippen LogP contribution in [0.15, 0.2) is 29.2 Å². The second-order valence-electron chi connectivity index (χ2n) is 3.76. The minimum atomic E-state index is -3.68. The molecule has 1 fully saturated rings. The molecule has 0 aliphatic carbocycles. The number of esters is 1. The lowest BCUT2D eigenvalue weighted by molar-refractivity contribution is -0.153. The molecule has 19 heavy (non-hydrogen) atoms. The van der Waals surface area contributed by atoms with E-state index in [0.29, 0.717) is 0 Å². The van der Waals surface area contributed by atoms with Gasteiger partial charge in [-0.1, -0.05) is 0 Å². The Morgan fingerprint density at radius 3 is 2.32 bits per heavy atom. The first kappa shape index (κ1) is 13.9. The van der Waals surface area contributed by atoms with Gasteiger partial charge in [0.05, 0.1) is 17.6 Å². The van der Waals surface area contributed by atoms with Crippen molar-refractivity contribution in [3.05, 3.63) is 29.8 Å². The number of nitrogens with zero attached hydrogens (tertiary/aromatic N) is 1. The van der Waals surface area contributed by atoms with Crippen molar-refractivity contribution in [3.8, 4) is 0 Å². The number of ether oxygens (including phenoxy) is 3. The molecule has 1 aromatic rings. The van der Waals surface area contributed by atoms with E-state index in [-0.39, 0.29) is 30.7 Å². The standard InChI is InChI=1S/C11H13NO6S/c1-16-11(13)9-2-4-10(5-3-9)19(14,15)12-6-17-8-18-7-12/h2-5H,6-8H2,1H3. The topological polar surface area (TPSA) is 82.1 Å². The summed E-state index contributed by atoms with van der Waals surface area (Å²) in [5.41, 5.74) is 0.285. The highest BCUT2D eigenvalue weighted by atomic mass is 32.2. The summed E-state index contributed by atoms with van der Waals surface area (Å²) < 4.78 is 39.8. The van der Waals surface area contributed by atoms with Crippen LogP contribution < -0.4 is 0 Å². The fourth-order valence-electron chi connectivity index (χ4n) is 1.54. The maximum Gasteiger partial charge on any atom is 0.337 e. The smallest absolute Gasteiger partial charge is 0.337 e. The SMILES string of the molecule is COC(=O)c1ccc(S(=O)(=O)N2COCOC2)cc1. The third kappa shape index (κ3) is 2.92. The molecule has 1 heterocycles. The van der Waals surface area contributed by atoms with Gasteiger partial charge in [0.25, 0.3) is 0 Å². The van der Waals surface area contributed by atoms with Gasteiger partial charge in [-0.25, -0.2) is 13.2 Å². The minimum absolute atomic E-state index is 0.0545. The molecule has 7 nitrogen and oxygen atoms in total. The van der Waals surface area contributed by atoms with Gasteiger partial charge >= 0.3 is 5.97 Å². The van der Waals surface area contributed by atoms with Crippen molar-refractivity contribution in [2.75, 3.05) is 27.4 Å². The van der Waals surface area contributed by atoms with Crippen LogP contribution in [0, 0.1) is 0 Å². The van der Waals surface area contributed by atoms with Gasteiger partial charge in [-0.3, -0.25) is 0 Å². The lowest BCUT2D eigenvalue weighted by Gasteiger charge is -2.25. The first-order valence-corrected chi connectivity index (χ1v) is 6.84. The van der Waals surface area contributed by atoms with Crippen LogP contribution in [0.1, 0.15) is 10.4 Å². The van der Waals surface area contributed by atoms with Crippen molar-refractivity contribution >= 4 is 16.0 Å². The molecule has 0 unspecified atom stereocenters. The summed E-state index contributed by atoms with van der Waals surface area (Å²) in [6.07, 6.45) is 0. The molecule has 0 bridgehead atoms. The number of hydrogen-bond donors (Lipinski definition) is 0. The Hall–Kier alpha value is -1.48. The number of carbonyl (C=O) groups excluding carboxylic acids is 1. The number of carbonyl (C=O) groups is 1. The molecule has 1 aliphatic rings. The number of sulfonamides is 1. The number of methoxy groups -OCH3 is 1. The number of rotatable bonds is 3. The van der Waals surface area contributed by atoms with Gasteiger partial charge in [-0.15, -0.1) is 4.31 Å². The van der Waals surface area contributed by atoms with Crippen molar-refractivity contribution in [3.63, 3.8) is 0 Å². The number of benzene rings is 1. The van der Waals surface area contributed by atoms with Gasteiger partial charge in [0.1, 0.15) is 20.3 Å². The largest absolute Gasteiger partial charge is 0.465 e. The van der Waals surface area contributed by atoms with Crippen LogP contribution in [-0.4, -0.2) is 46.1 Å². The molecule has 1 aromatic carbocycles. The molecule has 0 radical (unpaired) electrons. The van der Waals surface area contributed by atoms with Gasteiger partial charge in [0, 0.05) is 0 Å². The predicted octanol–water partition coefficient (Wildman–Crippen LogP) is 0.383. The second-order valence-corrected chi connectivity index (χ2v) is 5.70. The van der Waals surface area contributed by atoms with E-state index in [0.717, 1.165) is 4.31 Å². The highest BCUT2D eigenvalue weighted by molar-refractivity contribution is 7.89. The molecule has 104 valence electrons. The average Bonchev–Trinajstić information content (AvgIpc) is 2.47. The Balaban J connectivity index is 2.23. The molecular weight excluding hydrogens is 274 g/mol. The molecule has 0 aromatic heterocycles. The van der Waals surface area contributed by atoms with E-state index in [1.165, 1.54) is 31.4 Å². The second kappa shape index (κ2) is 5.66. The van der Waals surface area contributed by atoms with E-state index < -0.39 is 16.0 Å². The van der Waals surface area contributed by atoms with E-state index in [4.69, 9.17) is 9.47 Å². The minimum Gasteiger partial charge on any atom is -0.465 e. The lowest BCUT2D eigenvalue weighted by Crippen LogP contribution is -2.39. The van der Waals surface area contributed by atoms with Gasteiger partial charge in [-0.2, -0.15) is 0 Å². The summed E-state index contributed by atoms with van der Waals surface area (Å²) in [6.45, 7) is -0.0323. The molecule has 1 saturated heterocycles. The Bertz CT molecular complexity index is 547. The summed E-state index contributed by atoms with van der Waals surface area (Å²) in [6, 6.07) is 5.47. The molecule has 0 saturated carbocycles. The Morgan fingerprint density at radius 1 is 1.21 bits per heavy atom. The Kier molecular flexibility index (Phi) is 4.15. The highest BCUT2D eigenvalue weighted by Gasteiger charge is 2.27. The summed E-state index contributed by atoms with van der Waals surface area (Å²) in [5, 5.41) is 0. The predicted molar refractivity (Wildman–Crippen MR) is 63.6 cm³/mol.